The summed E-state index contributed by atoms with van der Waals surface area (Å²) in [4.78, 5) is 11.1. The lowest BCUT2D eigenvalue weighted by atomic mass is 9.95. The van der Waals surface area contributed by atoms with E-state index in [0.29, 0.717) is 12.3 Å². The molecular formula is C13H18O2. The third-order valence-corrected chi connectivity index (χ3v) is 2.57. The van der Waals surface area contributed by atoms with Crippen LogP contribution in [0.15, 0.2) is 24.3 Å². The van der Waals surface area contributed by atoms with Gasteiger partial charge in [0.15, 0.2) is 0 Å². The number of esters is 1. The minimum absolute atomic E-state index is 0.129. The molecule has 1 aromatic carbocycles. The van der Waals surface area contributed by atoms with Crippen molar-refractivity contribution in [2.45, 2.75) is 26.7 Å². The number of aryl methyl sites for hydroxylation is 1. The maximum atomic E-state index is 11.1. The number of rotatable bonds is 4. The first-order valence-corrected chi connectivity index (χ1v) is 5.24. The van der Waals surface area contributed by atoms with Gasteiger partial charge < -0.3 is 4.74 Å². The first-order chi connectivity index (χ1) is 7.13. The van der Waals surface area contributed by atoms with E-state index in [-0.39, 0.29) is 5.97 Å². The summed E-state index contributed by atoms with van der Waals surface area (Å²) in [5.41, 5.74) is 2.60. The van der Waals surface area contributed by atoms with Crippen LogP contribution in [0.25, 0.3) is 0 Å². The summed E-state index contributed by atoms with van der Waals surface area (Å²) in [6.45, 7) is 4.17. The summed E-state index contributed by atoms with van der Waals surface area (Å²) >= 11 is 0. The smallest absolute Gasteiger partial charge is 0.305 e. The van der Waals surface area contributed by atoms with E-state index in [4.69, 9.17) is 0 Å². The van der Waals surface area contributed by atoms with Gasteiger partial charge in [-0.2, -0.15) is 0 Å². The molecule has 0 bridgehead atoms. The molecule has 0 aliphatic heterocycles. The van der Waals surface area contributed by atoms with E-state index in [1.807, 2.05) is 12.1 Å². The number of carbonyl (C=O) groups excluding carboxylic acids is 1. The molecular weight excluding hydrogens is 188 g/mol. The summed E-state index contributed by atoms with van der Waals surface area (Å²) in [7, 11) is 1.43. The second-order valence-electron chi connectivity index (χ2n) is 4.02. The van der Waals surface area contributed by atoms with Crippen molar-refractivity contribution in [3.8, 4) is 0 Å². The number of carbonyl (C=O) groups is 1. The molecule has 82 valence electrons. The summed E-state index contributed by atoms with van der Waals surface area (Å²) in [5.74, 6) is 0.203. The molecule has 0 aliphatic rings. The lowest BCUT2D eigenvalue weighted by Gasteiger charge is -2.11. The normalized spacial score (nSPS) is 12.2. The highest BCUT2D eigenvalue weighted by Crippen LogP contribution is 2.15. The Kier molecular flexibility index (Phi) is 4.35. The molecule has 0 aliphatic carbocycles. The first-order valence-electron chi connectivity index (χ1n) is 5.24. The maximum absolute atomic E-state index is 11.1. The van der Waals surface area contributed by atoms with E-state index in [0.717, 1.165) is 6.42 Å². The van der Waals surface area contributed by atoms with Gasteiger partial charge in [0.25, 0.3) is 0 Å². The fourth-order valence-corrected chi connectivity index (χ4v) is 1.65. The Morgan fingerprint density at radius 2 is 2.07 bits per heavy atom. The highest BCUT2D eigenvalue weighted by molar-refractivity contribution is 5.69. The highest BCUT2D eigenvalue weighted by atomic mass is 16.5. The zero-order chi connectivity index (χ0) is 11.3. The summed E-state index contributed by atoms with van der Waals surface area (Å²) in [5, 5.41) is 0. The molecule has 15 heavy (non-hydrogen) atoms. The number of hydrogen-bond donors (Lipinski definition) is 0. The van der Waals surface area contributed by atoms with Gasteiger partial charge in [-0.3, -0.25) is 4.79 Å². The van der Waals surface area contributed by atoms with Gasteiger partial charge in [0.1, 0.15) is 0 Å². The van der Waals surface area contributed by atoms with Crippen LogP contribution in [0.4, 0.5) is 0 Å². The van der Waals surface area contributed by atoms with Crippen LogP contribution in [-0.4, -0.2) is 13.1 Å². The van der Waals surface area contributed by atoms with Crippen LogP contribution in [0.1, 0.15) is 24.5 Å². The molecule has 0 saturated carbocycles. The maximum Gasteiger partial charge on any atom is 0.305 e. The second-order valence-corrected chi connectivity index (χ2v) is 4.02. The van der Waals surface area contributed by atoms with Gasteiger partial charge in [-0.05, 0) is 30.4 Å². The minimum Gasteiger partial charge on any atom is -0.469 e. The van der Waals surface area contributed by atoms with E-state index >= 15 is 0 Å². The Morgan fingerprint density at radius 3 is 2.67 bits per heavy atom. The van der Waals surface area contributed by atoms with Crippen molar-refractivity contribution in [1.82, 2.24) is 0 Å². The quantitative estimate of drug-likeness (QED) is 0.708. The van der Waals surface area contributed by atoms with Crippen molar-refractivity contribution in [2.24, 2.45) is 5.92 Å². The van der Waals surface area contributed by atoms with Crippen molar-refractivity contribution in [3.63, 3.8) is 0 Å². The fourth-order valence-electron chi connectivity index (χ4n) is 1.65. The first kappa shape index (κ1) is 11.8. The largest absolute Gasteiger partial charge is 0.469 e. The van der Waals surface area contributed by atoms with Gasteiger partial charge in [0.05, 0.1) is 7.11 Å². The summed E-state index contributed by atoms with van der Waals surface area (Å²) in [6, 6.07) is 8.28. The average Bonchev–Trinajstić information content (AvgIpc) is 2.21. The lowest BCUT2D eigenvalue weighted by molar-refractivity contribution is -0.141. The molecule has 0 aromatic heterocycles. The monoisotopic (exact) mass is 206 g/mol. The van der Waals surface area contributed by atoms with Crippen LogP contribution < -0.4 is 0 Å². The minimum atomic E-state index is -0.129. The van der Waals surface area contributed by atoms with Gasteiger partial charge in [-0.25, -0.2) is 0 Å². The number of benzene rings is 1. The predicted octanol–water partition coefficient (Wildman–Crippen LogP) is 2.74. The molecule has 0 fully saturated rings. The molecule has 0 radical (unpaired) electrons. The molecule has 0 amide bonds. The van der Waals surface area contributed by atoms with Crippen LogP contribution in [-0.2, 0) is 16.0 Å². The molecule has 0 saturated heterocycles. The van der Waals surface area contributed by atoms with E-state index in [2.05, 4.69) is 30.7 Å². The number of methoxy groups -OCH3 is 1. The molecule has 0 spiro atoms. The number of ether oxygens (including phenoxy) is 1. The standard InChI is InChI=1S/C13H18O2/c1-10(9-13(14)15-3)8-12-7-5-4-6-11(12)2/h4-7,10H,8-9H2,1-3H3. The Labute approximate surface area is 91.3 Å². The van der Waals surface area contributed by atoms with Crippen LogP contribution in [0, 0.1) is 12.8 Å². The highest BCUT2D eigenvalue weighted by Gasteiger charge is 2.10. The molecule has 1 atom stereocenters. The van der Waals surface area contributed by atoms with Crippen molar-refractivity contribution >= 4 is 5.97 Å². The zero-order valence-corrected chi connectivity index (χ0v) is 9.62. The van der Waals surface area contributed by atoms with Gasteiger partial charge in [-0.15, -0.1) is 0 Å². The van der Waals surface area contributed by atoms with Crippen LogP contribution >= 0.6 is 0 Å². The topological polar surface area (TPSA) is 26.3 Å². The zero-order valence-electron chi connectivity index (χ0n) is 9.62. The van der Waals surface area contributed by atoms with E-state index in [9.17, 15) is 4.79 Å². The molecule has 1 aromatic rings. The molecule has 1 rings (SSSR count). The van der Waals surface area contributed by atoms with Gasteiger partial charge in [0.2, 0.25) is 0 Å². The Morgan fingerprint density at radius 1 is 1.40 bits per heavy atom. The van der Waals surface area contributed by atoms with E-state index < -0.39 is 0 Å². The summed E-state index contributed by atoms with van der Waals surface area (Å²) < 4.78 is 4.65. The van der Waals surface area contributed by atoms with Crippen LogP contribution in [0.2, 0.25) is 0 Å². The lowest BCUT2D eigenvalue weighted by Crippen LogP contribution is -2.09. The van der Waals surface area contributed by atoms with Gasteiger partial charge in [-0.1, -0.05) is 31.2 Å². The average molecular weight is 206 g/mol. The molecule has 2 heteroatoms. The van der Waals surface area contributed by atoms with Crippen LogP contribution in [0.5, 0.6) is 0 Å². The predicted molar refractivity (Wildman–Crippen MR) is 60.7 cm³/mol. The fraction of sp³-hybridized carbons (Fsp3) is 0.462. The Bertz CT molecular complexity index is 331. The second kappa shape index (κ2) is 5.54. The molecule has 0 heterocycles. The van der Waals surface area contributed by atoms with Crippen LogP contribution in [0.3, 0.4) is 0 Å². The van der Waals surface area contributed by atoms with E-state index in [1.165, 1.54) is 18.2 Å². The van der Waals surface area contributed by atoms with E-state index in [1.54, 1.807) is 0 Å². The Balaban J connectivity index is 2.55. The molecule has 1 unspecified atom stereocenters. The van der Waals surface area contributed by atoms with Crippen molar-refractivity contribution in [2.75, 3.05) is 7.11 Å². The van der Waals surface area contributed by atoms with Crippen molar-refractivity contribution in [1.29, 1.82) is 0 Å². The summed E-state index contributed by atoms with van der Waals surface area (Å²) in [6.07, 6.45) is 1.42. The number of hydrogen-bond acceptors (Lipinski definition) is 2. The Hall–Kier alpha value is -1.31. The third kappa shape index (κ3) is 3.74. The van der Waals surface area contributed by atoms with Gasteiger partial charge >= 0.3 is 5.97 Å². The molecule has 2 nitrogen and oxygen atoms in total. The third-order valence-electron chi connectivity index (χ3n) is 2.57. The van der Waals surface area contributed by atoms with Gasteiger partial charge in [0, 0.05) is 6.42 Å². The SMILES string of the molecule is COC(=O)CC(C)Cc1ccccc1C. The van der Waals surface area contributed by atoms with Crippen molar-refractivity contribution < 1.29 is 9.53 Å². The van der Waals surface area contributed by atoms with Crippen molar-refractivity contribution in [3.05, 3.63) is 35.4 Å². The molecule has 0 N–H and O–H groups in total.